The summed E-state index contributed by atoms with van der Waals surface area (Å²) < 4.78 is 24.2. The molecule has 3 aromatic rings. The molecular formula is C26H26N2O6S. The quantitative estimate of drug-likeness (QED) is 0.335. The number of thiazole rings is 1. The van der Waals surface area contributed by atoms with Gasteiger partial charge in [0.15, 0.2) is 16.3 Å². The van der Waals surface area contributed by atoms with Gasteiger partial charge in [-0.05, 0) is 50.6 Å². The maximum atomic E-state index is 13.6. The Morgan fingerprint density at radius 2 is 2.06 bits per heavy atom. The largest absolute Gasteiger partial charge is 0.490 e. The minimum Gasteiger partial charge on any atom is -0.490 e. The van der Waals surface area contributed by atoms with Gasteiger partial charge in [-0.1, -0.05) is 30.1 Å². The molecule has 0 radical (unpaired) electrons. The first-order chi connectivity index (χ1) is 17.0. The van der Waals surface area contributed by atoms with Crippen LogP contribution in [0.2, 0.25) is 0 Å². The van der Waals surface area contributed by atoms with Crippen LogP contribution in [0.15, 0.2) is 74.7 Å². The maximum Gasteiger partial charge on any atom is 0.338 e. The number of esters is 1. The highest BCUT2D eigenvalue weighted by molar-refractivity contribution is 7.07. The van der Waals surface area contributed by atoms with Gasteiger partial charge in [0.1, 0.15) is 12.4 Å². The summed E-state index contributed by atoms with van der Waals surface area (Å²) >= 11 is 1.23. The van der Waals surface area contributed by atoms with Crippen molar-refractivity contribution in [3.05, 3.63) is 91.5 Å². The van der Waals surface area contributed by atoms with Gasteiger partial charge in [0, 0.05) is 6.08 Å². The van der Waals surface area contributed by atoms with E-state index in [1.54, 1.807) is 56.5 Å². The van der Waals surface area contributed by atoms with Crippen molar-refractivity contribution in [1.82, 2.24) is 4.57 Å². The third-order valence-electron chi connectivity index (χ3n) is 5.27. The van der Waals surface area contributed by atoms with Gasteiger partial charge in [0.2, 0.25) is 0 Å². The van der Waals surface area contributed by atoms with Gasteiger partial charge in [-0.25, -0.2) is 9.79 Å². The normalized spacial score (nSPS) is 15.4. The van der Waals surface area contributed by atoms with E-state index in [0.717, 1.165) is 0 Å². The van der Waals surface area contributed by atoms with Crippen molar-refractivity contribution in [1.29, 1.82) is 0 Å². The number of ether oxygens (including phenoxy) is 3. The average molecular weight is 495 g/mol. The molecule has 0 spiro atoms. The topological polar surface area (TPSA) is 92.3 Å². The van der Waals surface area contributed by atoms with E-state index < -0.39 is 12.0 Å². The number of fused-ring (bicyclic) bond motifs is 1. The fraction of sp³-hybridized carbons (Fsp3) is 0.269. The Hall–Kier alpha value is -3.85. The minimum absolute atomic E-state index is 0.198. The Labute approximate surface area is 206 Å². The third-order valence-corrected chi connectivity index (χ3v) is 6.26. The molecule has 9 heteroatoms. The number of hydrogen-bond donors (Lipinski definition) is 0. The summed E-state index contributed by atoms with van der Waals surface area (Å²) in [4.78, 5) is 31.7. The van der Waals surface area contributed by atoms with Crippen LogP contribution in [-0.2, 0) is 9.53 Å². The van der Waals surface area contributed by atoms with Crippen LogP contribution in [0.1, 0.15) is 38.1 Å². The molecule has 0 bridgehead atoms. The molecule has 1 atom stereocenters. The predicted molar refractivity (Wildman–Crippen MR) is 132 cm³/mol. The Balaban J connectivity index is 1.93. The fourth-order valence-electron chi connectivity index (χ4n) is 3.84. The van der Waals surface area contributed by atoms with Crippen LogP contribution >= 0.6 is 11.3 Å². The number of carbonyl (C=O) groups excluding carboxylic acids is 1. The van der Waals surface area contributed by atoms with Crippen molar-refractivity contribution in [3.8, 4) is 11.5 Å². The van der Waals surface area contributed by atoms with E-state index in [9.17, 15) is 9.59 Å². The van der Waals surface area contributed by atoms with E-state index in [2.05, 4.69) is 11.6 Å². The number of carbonyl (C=O) groups is 1. The van der Waals surface area contributed by atoms with Gasteiger partial charge in [0.25, 0.3) is 5.56 Å². The Kier molecular flexibility index (Phi) is 7.36. The van der Waals surface area contributed by atoms with E-state index in [0.29, 0.717) is 56.6 Å². The second kappa shape index (κ2) is 10.6. The molecule has 3 heterocycles. The van der Waals surface area contributed by atoms with Crippen molar-refractivity contribution in [2.75, 3.05) is 19.8 Å². The molecule has 4 rings (SSSR count). The van der Waals surface area contributed by atoms with Crippen molar-refractivity contribution >= 4 is 23.4 Å². The molecule has 0 N–H and O–H groups in total. The van der Waals surface area contributed by atoms with Crippen LogP contribution in [0.25, 0.3) is 6.08 Å². The molecule has 2 aromatic heterocycles. The fourth-order valence-corrected chi connectivity index (χ4v) is 4.87. The van der Waals surface area contributed by atoms with Gasteiger partial charge < -0.3 is 18.6 Å². The summed E-state index contributed by atoms with van der Waals surface area (Å²) in [5.41, 5.74) is 1.17. The van der Waals surface area contributed by atoms with Crippen LogP contribution < -0.4 is 24.4 Å². The molecule has 0 saturated heterocycles. The van der Waals surface area contributed by atoms with Gasteiger partial charge in [0.05, 0.1) is 41.3 Å². The Bertz CT molecular complexity index is 1450. The highest BCUT2D eigenvalue weighted by atomic mass is 32.1. The van der Waals surface area contributed by atoms with Gasteiger partial charge in [-0.2, -0.15) is 0 Å². The predicted octanol–water partition coefficient (Wildman–Crippen LogP) is 3.35. The first-order valence-corrected chi connectivity index (χ1v) is 12.0. The van der Waals surface area contributed by atoms with Crippen LogP contribution in [-0.4, -0.2) is 30.4 Å². The van der Waals surface area contributed by atoms with Crippen LogP contribution in [0.3, 0.4) is 0 Å². The zero-order chi connectivity index (χ0) is 24.9. The smallest absolute Gasteiger partial charge is 0.338 e. The molecule has 1 aliphatic heterocycles. The molecule has 0 aliphatic carbocycles. The summed E-state index contributed by atoms with van der Waals surface area (Å²) in [6, 6.07) is 8.13. The van der Waals surface area contributed by atoms with Crippen LogP contribution in [0.5, 0.6) is 11.5 Å². The van der Waals surface area contributed by atoms with Gasteiger partial charge in [-0.15, -0.1) is 0 Å². The number of hydrogen-bond acceptors (Lipinski definition) is 8. The zero-order valence-electron chi connectivity index (χ0n) is 19.8. The summed E-state index contributed by atoms with van der Waals surface area (Å²) in [5, 5.41) is 0. The van der Waals surface area contributed by atoms with E-state index >= 15 is 0 Å². The summed E-state index contributed by atoms with van der Waals surface area (Å²) in [6.45, 7) is 9.96. The minimum atomic E-state index is -0.753. The highest BCUT2D eigenvalue weighted by Crippen LogP contribution is 2.36. The third kappa shape index (κ3) is 4.85. The second-order valence-corrected chi connectivity index (χ2v) is 8.57. The summed E-state index contributed by atoms with van der Waals surface area (Å²) in [5.74, 6) is 1.07. The Morgan fingerprint density at radius 3 is 2.74 bits per heavy atom. The van der Waals surface area contributed by atoms with Crippen molar-refractivity contribution < 1.29 is 23.4 Å². The maximum absolute atomic E-state index is 13.6. The summed E-state index contributed by atoms with van der Waals surface area (Å²) in [6.07, 6.45) is 4.85. The SMILES string of the molecule is C=CCOc1ccc(C2C(C(=O)OCC)=C(C)N=c3sc(=Cc4ccco4)c(=O)n32)cc1OCC. The monoisotopic (exact) mass is 494 g/mol. The number of nitrogens with zero attached hydrogens (tertiary/aromatic N) is 2. The molecule has 182 valence electrons. The van der Waals surface area contributed by atoms with E-state index in [1.165, 1.54) is 15.9 Å². The molecular weight excluding hydrogens is 468 g/mol. The van der Waals surface area contributed by atoms with E-state index in [1.807, 2.05) is 13.0 Å². The summed E-state index contributed by atoms with van der Waals surface area (Å²) in [7, 11) is 0. The molecule has 0 amide bonds. The van der Waals surface area contributed by atoms with Crippen LogP contribution in [0.4, 0.5) is 0 Å². The zero-order valence-corrected chi connectivity index (χ0v) is 20.6. The Morgan fingerprint density at radius 1 is 1.23 bits per heavy atom. The van der Waals surface area contributed by atoms with Crippen molar-refractivity contribution in [3.63, 3.8) is 0 Å². The van der Waals surface area contributed by atoms with E-state index in [-0.39, 0.29) is 12.2 Å². The van der Waals surface area contributed by atoms with Crippen LogP contribution in [0, 0.1) is 0 Å². The lowest BCUT2D eigenvalue weighted by molar-refractivity contribution is -0.139. The van der Waals surface area contributed by atoms with E-state index in [4.69, 9.17) is 18.6 Å². The van der Waals surface area contributed by atoms with Crippen molar-refractivity contribution in [2.45, 2.75) is 26.8 Å². The highest BCUT2D eigenvalue weighted by Gasteiger charge is 2.34. The molecule has 8 nitrogen and oxygen atoms in total. The molecule has 1 aromatic carbocycles. The second-order valence-electron chi connectivity index (χ2n) is 7.56. The molecule has 0 fully saturated rings. The molecule has 35 heavy (non-hydrogen) atoms. The number of benzene rings is 1. The standard InChI is InChI=1S/C26H26N2O6S/c1-5-12-34-19-11-10-17(14-20(19)31-6-2)23-22(25(30)32-7-3)16(4)27-26-28(23)24(29)21(35-26)15-18-9-8-13-33-18/h5,8-11,13-15,23H,1,6-7,12H2,2-4H3. The number of allylic oxidation sites excluding steroid dienone is 1. The number of furan rings is 1. The van der Waals surface area contributed by atoms with Gasteiger partial charge in [-0.3, -0.25) is 9.36 Å². The number of aromatic nitrogens is 1. The lowest BCUT2D eigenvalue weighted by Gasteiger charge is -2.25. The van der Waals surface area contributed by atoms with Gasteiger partial charge >= 0.3 is 5.97 Å². The number of rotatable bonds is 9. The molecule has 1 aliphatic rings. The molecule has 0 saturated carbocycles. The lowest BCUT2D eigenvalue weighted by Crippen LogP contribution is -2.40. The molecule has 1 unspecified atom stereocenters. The lowest BCUT2D eigenvalue weighted by atomic mass is 9.95. The van der Waals surface area contributed by atoms with Crippen molar-refractivity contribution in [2.24, 2.45) is 4.99 Å². The average Bonchev–Trinajstić information content (AvgIpc) is 3.45. The first kappa shape index (κ1) is 24.3. The first-order valence-electron chi connectivity index (χ1n) is 11.2.